The zero-order chi connectivity index (χ0) is 21.1. The predicted molar refractivity (Wildman–Crippen MR) is 119 cm³/mol. The van der Waals surface area contributed by atoms with E-state index < -0.39 is 0 Å². The molecule has 2 aromatic heterocycles. The first-order chi connectivity index (χ1) is 14.6. The van der Waals surface area contributed by atoms with Gasteiger partial charge in [-0.15, -0.1) is 5.10 Å². The van der Waals surface area contributed by atoms with Crippen LogP contribution in [-0.2, 0) is 4.79 Å². The topological polar surface area (TPSA) is 109 Å². The average molecular weight is 470 g/mol. The Morgan fingerprint density at radius 2 is 1.87 bits per heavy atom. The second-order valence-corrected chi connectivity index (χ2v) is 7.90. The van der Waals surface area contributed by atoms with E-state index in [9.17, 15) is 9.59 Å². The van der Waals surface area contributed by atoms with Gasteiger partial charge in [-0.2, -0.15) is 4.52 Å². The lowest BCUT2D eigenvalue weighted by atomic mass is 10.1. The largest absolute Gasteiger partial charge is 0.368 e. The molecule has 2 aromatic carbocycles. The first kappa shape index (κ1) is 20.2. The maximum atomic E-state index is 13.1. The van der Waals surface area contributed by atoms with Crippen LogP contribution < -0.4 is 16.4 Å². The van der Waals surface area contributed by atoms with Crippen molar-refractivity contribution in [2.75, 3.05) is 11.9 Å². The van der Waals surface area contributed by atoms with Crippen molar-refractivity contribution in [2.24, 2.45) is 0 Å². The van der Waals surface area contributed by atoms with E-state index in [1.165, 1.54) is 4.52 Å². The molecule has 154 valence electrons. The molecule has 4 rings (SSSR count). The Bertz CT molecular complexity index is 1300. The third-order valence-electron chi connectivity index (χ3n) is 4.93. The first-order valence-corrected chi connectivity index (χ1v) is 10.5. The summed E-state index contributed by atoms with van der Waals surface area (Å²) >= 11 is 3.41. The van der Waals surface area contributed by atoms with Gasteiger partial charge in [-0.3, -0.25) is 14.8 Å². The van der Waals surface area contributed by atoms with Crippen LogP contribution in [0, 0.1) is 0 Å². The van der Waals surface area contributed by atoms with Crippen LogP contribution in [0.3, 0.4) is 0 Å². The van der Waals surface area contributed by atoms with Crippen LogP contribution >= 0.6 is 15.9 Å². The number of benzene rings is 2. The lowest BCUT2D eigenvalue weighted by Crippen LogP contribution is -2.20. The molecule has 0 spiro atoms. The van der Waals surface area contributed by atoms with Crippen LogP contribution in [0.5, 0.6) is 0 Å². The molecule has 0 radical (unpaired) electrons. The van der Waals surface area contributed by atoms with Crippen LogP contribution in [0.4, 0.5) is 5.82 Å². The standard InChI is InChI=1S/C21H20BrN5O3/c22-13-9-10-17-16(12-13)21(29)27-20(24-17)15-7-4-3-6-14(15)19(25-27)23-11-5-1-2-8-18(28)26-30/h3-4,6-7,9-10,12,30H,1-2,5,8,11H2,(H,23,25)(H,26,28). The highest BCUT2D eigenvalue weighted by atomic mass is 79.9. The number of hydroxylamine groups is 1. The summed E-state index contributed by atoms with van der Waals surface area (Å²) in [5, 5.41) is 18.6. The maximum absolute atomic E-state index is 13.1. The van der Waals surface area contributed by atoms with E-state index in [0.29, 0.717) is 35.3 Å². The van der Waals surface area contributed by atoms with E-state index in [0.717, 1.165) is 28.1 Å². The predicted octanol–water partition coefficient (Wildman–Crippen LogP) is 3.64. The van der Waals surface area contributed by atoms with Crippen molar-refractivity contribution in [3.05, 3.63) is 57.3 Å². The molecule has 0 aliphatic carbocycles. The quantitative estimate of drug-likeness (QED) is 0.125. The minimum atomic E-state index is -0.379. The number of amides is 1. The summed E-state index contributed by atoms with van der Waals surface area (Å²) in [6.45, 7) is 0.643. The van der Waals surface area contributed by atoms with E-state index >= 15 is 0 Å². The molecule has 4 aromatic rings. The second-order valence-electron chi connectivity index (χ2n) is 6.98. The zero-order valence-electron chi connectivity index (χ0n) is 16.1. The van der Waals surface area contributed by atoms with E-state index in [1.807, 2.05) is 36.4 Å². The fourth-order valence-electron chi connectivity index (χ4n) is 3.43. The molecule has 8 nitrogen and oxygen atoms in total. The highest BCUT2D eigenvalue weighted by molar-refractivity contribution is 9.10. The van der Waals surface area contributed by atoms with Gasteiger partial charge < -0.3 is 5.32 Å². The van der Waals surface area contributed by atoms with Gasteiger partial charge in [0.1, 0.15) is 0 Å². The number of rotatable bonds is 7. The third-order valence-corrected chi connectivity index (χ3v) is 5.42. The lowest BCUT2D eigenvalue weighted by molar-refractivity contribution is -0.129. The van der Waals surface area contributed by atoms with Crippen LogP contribution in [0.15, 0.2) is 51.7 Å². The summed E-state index contributed by atoms with van der Waals surface area (Å²) in [5.41, 5.74) is 2.56. The highest BCUT2D eigenvalue weighted by Crippen LogP contribution is 2.25. The Balaban J connectivity index is 1.67. The summed E-state index contributed by atoms with van der Waals surface area (Å²) < 4.78 is 2.16. The molecule has 0 fully saturated rings. The van der Waals surface area contributed by atoms with Gasteiger partial charge in [0.05, 0.1) is 10.9 Å². The number of unbranched alkanes of at least 4 members (excludes halogenated alkanes) is 2. The van der Waals surface area contributed by atoms with Gasteiger partial charge in [0.25, 0.3) is 5.56 Å². The number of hydrogen-bond acceptors (Lipinski definition) is 6. The molecular weight excluding hydrogens is 450 g/mol. The molecule has 0 atom stereocenters. The van der Waals surface area contributed by atoms with E-state index in [-0.39, 0.29) is 17.9 Å². The molecule has 0 bridgehead atoms. The summed E-state index contributed by atoms with van der Waals surface area (Å²) in [5.74, 6) is 0.236. The van der Waals surface area contributed by atoms with Crippen LogP contribution in [-0.4, -0.2) is 32.3 Å². The molecule has 30 heavy (non-hydrogen) atoms. The van der Waals surface area contributed by atoms with Gasteiger partial charge >= 0.3 is 0 Å². The van der Waals surface area contributed by atoms with Crippen LogP contribution in [0.1, 0.15) is 25.7 Å². The minimum Gasteiger partial charge on any atom is -0.368 e. The number of aromatic nitrogens is 3. The molecular formula is C21H20BrN5O3. The van der Waals surface area contributed by atoms with Gasteiger partial charge in [-0.25, -0.2) is 10.5 Å². The van der Waals surface area contributed by atoms with Gasteiger partial charge in [0.2, 0.25) is 5.91 Å². The lowest BCUT2D eigenvalue weighted by Gasteiger charge is -2.12. The Morgan fingerprint density at radius 3 is 2.67 bits per heavy atom. The number of nitrogens with zero attached hydrogens (tertiary/aromatic N) is 3. The number of anilines is 1. The van der Waals surface area contributed by atoms with Crippen molar-refractivity contribution >= 4 is 55.0 Å². The normalized spacial score (nSPS) is 11.3. The van der Waals surface area contributed by atoms with E-state index in [2.05, 4.69) is 31.3 Å². The molecule has 0 aliphatic heterocycles. The van der Waals surface area contributed by atoms with E-state index in [4.69, 9.17) is 5.21 Å². The Kier molecular flexibility index (Phi) is 5.91. The van der Waals surface area contributed by atoms with E-state index in [1.54, 1.807) is 11.5 Å². The van der Waals surface area contributed by atoms with Crippen LogP contribution in [0.25, 0.3) is 27.3 Å². The summed E-state index contributed by atoms with van der Waals surface area (Å²) in [7, 11) is 0. The number of carbonyl (C=O) groups is 1. The molecule has 0 aliphatic rings. The van der Waals surface area contributed by atoms with Crippen molar-refractivity contribution < 1.29 is 10.0 Å². The zero-order valence-corrected chi connectivity index (χ0v) is 17.6. The van der Waals surface area contributed by atoms with Crippen molar-refractivity contribution in [1.82, 2.24) is 20.1 Å². The average Bonchev–Trinajstić information content (AvgIpc) is 2.77. The molecule has 0 saturated heterocycles. The monoisotopic (exact) mass is 469 g/mol. The van der Waals surface area contributed by atoms with Crippen LogP contribution in [0.2, 0.25) is 0 Å². The van der Waals surface area contributed by atoms with Crippen molar-refractivity contribution in [3.8, 4) is 0 Å². The molecule has 0 unspecified atom stereocenters. The molecule has 3 N–H and O–H groups in total. The van der Waals surface area contributed by atoms with Gasteiger partial charge in [-0.1, -0.05) is 46.6 Å². The Morgan fingerprint density at radius 1 is 1.07 bits per heavy atom. The summed E-state index contributed by atoms with van der Waals surface area (Å²) in [4.78, 5) is 28.8. The second kappa shape index (κ2) is 8.76. The Labute approximate surface area is 180 Å². The molecule has 0 saturated carbocycles. The molecule has 9 heteroatoms. The summed E-state index contributed by atoms with van der Waals surface area (Å²) in [6.07, 6.45) is 2.62. The summed E-state index contributed by atoms with van der Waals surface area (Å²) in [6, 6.07) is 13.2. The van der Waals surface area contributed by atoms with Crippen molar-refractivity contribution in [2.45, 2.75) is 25.7 Å². The first-order valence-electron chi connectivity index (χ1n) is 9.66. The number of hydrogen-bond donors (Lipinski definition) is 3. The third kappa shape index (κ3) is 3.99. The van der Waals surface area contributed by atoms with Crippen molar-refractivity contribution in [1.29, 1.82) is 0 Å². The molecule has 2 heterocycles. The number of nitrogens with one attached hydrogen (secondary N) is 2. The van der Waals surface area contributed by atoms with Gasteiger partial charge in [-0.05, 0) is 31.0 Å². The number of carbonyl (C=O) groups excluding carboxylic acids is 1. The van der Waals surface area contributed by atoms with Gasteiger partial charge in [0, 0.05) is 28.2 Å². The highest BCUT2D eigenvalue weighted by Gasteiger charge is 2.13. The number of fused-ring (bicyclic) bond motifs is 4. The smallest absolute Gasteiger partial charge is 0.282 e. The SMILES string of the molecule is O=C(CCCCCNc1nn2c(=O)c3cc(Br)ccc3nc2c2ccccc12)NO. The Hall–Kier alpha value is -3.04. The maximum Gasteiger partial charge on any atom is 0.282 e. The fraction of sp³-hybridized carbons (Fsp3) is 0.238. The fourth-order valence-corrected chi connectivity index (χ4v) is 3.80. The minimum absolute atomic E-state index is 0.222. The van der Waals surface area contributed by atoms with Gasteiger partial charge in [0.15, 0.2) is 11.5 Å². The van der Waals surface area contributed by atoms with Crippen molar-refractivity contribution in [3.63, 3.8) is 0 Å². The number of halogens is 1. The molecule has 1 amide bonds.